The summed E-state index contributed by atoms with van der Waals surface area (Å²) in [7, 11) is 0. The highest BCUT2D eigenvalue weighted by Gasteiger charge is 2.40. The fraction of sp³-hybridized carbons (Fsp3) is 0.733. The Morgan fingerprint density at radius 2 is 2.30 bits per heavy atom. The molecule has 1 atom stereocenters. The van der Waals surface area contributed by atoms with Gasteiger partial charge in [-0.3, -0.25) is 14.4 Å². The molecule has 112 valence electrons. The molecule has 1 fully saturated rings. The molecule has 2 rings (SSSR count). The molecule has 5 heteroatoms. The van der Waals surface area contributed by atoms with Crippen LogP contribution in [0.25, 0.3) is 0 Å². The highest BCUT2D eigenvalue weighted by Crippen LogP contribution is 2.34. The van der Waals surface area contributed by atoms with Crippen LogP contribution in [0.3, 0.4) is 0 Å². The normalized spacial score (nSPS) is 24.2. The first kappa shape index (κ1) is 15.0. The summed E-state index contributed by atoms with van der Waals surface area (Å²) in [5, 5.41) is 13.9. The van der Waals surface area contributed by atoms with Gasteiger partial charge in [-0.2, -0.15) is 5.10 Å². The van der Waals surface area contributed by atoms with Crippen LogP contribution in [0, 0.1) is 5.41 Å². The van der Waals surface area contributed by atoms with Crippen molar-refractivity contribution >= 4 is 5.97 Å². The van der Waals surface area contributed by atoms with Crippen molar-refractivity contribution in [2.24, 2.45) is 5.41 Å². The number of hydrogen-bond acceptors (Lipinski definition) is 3. The van der Waals surface area contributed by atoms with Crippen LogP contribution < -0.4 is 0 Å². The lowest BCUT2D eigenvalue weighted by Crippen LogP contribution is -2.47. The molecule has 0 aromatic carbocycles. The van der Waals surface area contributed by atoms with E-state index in [1.54, 1.807) is 0 Å². The molecule has 20 heavy (non-hydrogen) atoms. The molecule has 0 aliphatic carbocycles. The van der Waals surface area contributed by atoms with Crippen molar-refractivity contribution in [1.29, 1.82) is 0 Å². The Morgan fingerprint density at radius 1 is 1.55 bits per heavy atom. The van der Waals surface area contributed by atoms with Crippen molar-refractivity contribution in [2.75, 3.05) is 13.1 Å². The molecule has 1 aromatic rings. The summed E-state index contributed by atoms with van der Waals surface area (Å²) < 4.78 is 1.95. The van der Waals surface area contributed by atoms with E-state index in [0.717, 1.165) is 31.5 Å². The van der Waals surface area contributed by atoms with E-state index < -0.39 is 11.4 Å². The fourth-order valence-corrected chi connectivity index (χ4v) is 2.98. The van der Waals surface area contributed by atoms with Gasteiger partial charge in [-0.25, -0.2) is 0 Å². The zero-order valence-electron chi connectivity index (χ0n) is 12.7. The van der Waals surface area contributed by atoms with Crippen molar-refractivity contribution in [1.82, 2.24) is 14.7 Å². The topological polar surface area (TPSA) is 58.4 Å². The molecule has 2 heterocycles. The fourth-order valence-electron chi connectivity index (χ4n) is 2.98. The number of rotatable bonds is 5. The van der Waals surface area contributed by atoms with Gasteiger partial charge in [0.25, 0.3) is 0 Å². The lowest BCUT2D eigenvalue weighted by Gasteiger charge is -2.39. The maximum absolute atomic E-state index is 11.6. The van der Waals surface area contributed by atoms with Crippen LogP contribution in [-0.2, 0) is 11.3 Å². The van der Waals surface area contributed by atoms with E-state index in [1.807, 2.05) is 17.8 Å². The number of hydrogen-bond donors (Lipinski definition) is 1. The number of aliphatic carboxylic acids is 1. The Bertz CT molecular complexity index is 469. The van der Waals surface area contributed by atoms with Crippen molar-refractivity contribution in [3.8, 4) is 0 Å². The molecule has 1 aliphatic rings. The molecule has 0 bridgehead atoms. The van der Waals surface area contributed by atoms with E-state index in [4.69, 9.17) is 0 Å². The Kier molecular flexibility index (Phi) is 4.48. The van der Waals surface area contributed by atoms with Crippen molar-refractivity contribution in [2.45, 2.75) is 52.6 Å². The Labute approximate surface area is 120 Å². The second-order valence-corrected chi connectivity index (χ2v) is 6.18. The van der Waals surface area contributed by atoms with Gasteiger partial charge in [0, 0.05) is 30.9 Å². The monoisotopic (exact) mass is 279 g/mol. The summed E-state index contributed by atoms with van der Waals surface area (Å²) in [6, 6.07) is 0.360. The maximum Gasteiger partial charge on any atom is 0.310 e. The molecule has 5 nitrogen and oxygen atoms in total. The summed E-state index contributed by atoms with van der Waals surface area (Å²) in [4.78, 5) is 13.8. The van der Waals surface area contributed by atoms with Crippen LogP contribution in [0.2, 0.25) is 0 Å². The van der Waals surface area contributed by atoms with Gasteiger partial charge in [0.2, 0.25) is 0 Å². The van der Waals surface area contributed by atoms with Gasteiger partial charge < -0.3 is 5.11 Å². The minimum atomic E-state index is -0.650. The van der Waals surface area contributed by atoms with E-state index in [2.05, 4.69) is 30.0 Å². The molecular formula is C15H25N3O2. The quantitative estimate of drug-likeness (QED) is 0.900. The Balaban J connectivity index is 2.03. The average molecular weight is 279 g/mol. The molecule has 1 saturated heterocycles. The zero-order valence-corrected chi connectivity index (χ0v) is 12.7. The molecular weight excluding hydrogens is 254 g/mol. The molecule has 0 spiro atoms. The second kappa shape index (κ2) is 5.95. The van der Waals surface area contributed by atoms with Gasteiger partial charge in [-0.05, 0) is 39.7 Å². The second-order valence-electron chi connectivity index (χ2n) is 6.18. The number of carbonyl (C=O) groups is 1. The predicted molar refractivity (Wildman–Crippen MR) is 77.5 cm³/mol. The third kappa shape index (κ3) is 3.03. The Morgan fingerprint density at radius 3 is 2.85 bits per heavy atom. The van der Waals surface area contributed by atoms with Crippen LogP contribution in [0.5, 0.6) is 0 Å². The molecule has 1 aliphatic heterocycles. The van der Waals surface area contributed by atoms with Gasteiger partial charge in [0.1, 0.15) is 0 Å². The van der Waals surface area contributed by atoms with E-state index in [0.29, 0.717) is 19.0 Å². The third-order valence-electron chi connectivity index (χ3n) is 4.38. The SMILES string of the molecule is CCC1(C(=O)O)CCCN(Cc2cnn(C(C)C)c2)C1. The van der Waals surface area contributed by atoms with Gasteiger partial charge in [-0.1, -0.05) is 6.92 Å². The highest BCUT2D eigenvalue weighted by atomic mass is 16.4. The van der Waals surface area contributed by atoms with Crippen LogP contribution >= 0.6 is 0 Å². The standard InChI is InChI=1S/C15H25N3O2/c1-4-15(14(19)20)6-5-7-17(11-15)9-13-8-16-18(10-13)12(2)3/h8,10,12H,4-7,9,11H2,1-3H3,(H,19,20). The lowest BCUT2D eigenvalue weighted by molar-refractivity contribution is -0.153. The number of nitrogens with zero attached hydrogens (tertiary/aromatic N) is 3. The zero-order chi connectivity index (χ0) is 14.8. The molecule has 0 radical (unpaired) electrons. The van der Waals surface area contributed by atoms with Gasteiger partial charge in [-0.15, -0.1) is 0 Å². The van der Waals surface area contributed by atoms with E-state index in [1.165, 1.54) is 0 Å². The van der Waals surface area contributed by atoms with Crippen LogP contribution in [-0.4, -0.2) is 38.8 Å². The van der Waals surface area contributed by atoms with Crippen molar-refractivity contribution in [3.63, 3.8) is 0 Å². The summed E-state index contributed by atoms with van der Waals surface area (Å²) in [5.41, 5.74) is 0.600. The first-order valence-electron chi connectivity index (χ1n) is 7.45. The first-order valence-corrected chi connectivity index (χ1v) is 7.45. The maximum atomic E-state index is 11.6. The van der Waals surface area contributed by atoms with Gasteiger partial charge >= 0.3 is 5.97 Å². The summed E-state index contributed by atoms with van der Waals surface area (Å²) in [6.45, 7) is 8.60. The Hall–Kier alpha value is -1.36. The minimum absolute atomic E-state index is 0.360. The smallest absolute Gasteiger partial charge is 0.310 e. The third-order valence-corrected chi connectivity index (χ3v) is 4.38. The van der Waals surface area contributed by atoms with E-state index in [9.17, 15) is 9.90 Å². The number of aromatic nitrogens is 2. The lowest BCUT2D eigenvalue weighted by atomic mass is 9.77. The molecule has 1 N–H and O–H groups in total. The molecule has 1 unspecified atom stereocenters. The minimum Gasteiger partial charge on any atom is -0.481 e. The van der Waals surface area contributed by atoms with E-state index in [-0.39, 0.29) is 0 Å². The van der Waals surface area contributed by atoms with Crippen LogP contribution in [0.1, 0.15) is 51.6 Å². The molecule has 0 amide bonds. The van der Waals surface area contributed by atoms with Crippen LogP contribution in [0.15, 0.2) is 12.4 Å². The summed E-state index contributed by atoms with van der Waals surface area (Å²) >= 11 is 0. The largest absolute Gasteiger partial charge is 0.481 e. The number of likely N-dealkylation sites (tertiary alicyclic amines) is 1. The van der Waals surface area contributed by atoms with E-state index >= 15 is 0 Å². The number of piperidine rings is 1. The van der Waals surface area contributed by atoms with Crippen LogP contribution in [0.4, 0.5) is 0 Å². The molecule has 0 saturated carbocycles. The average Bonchev–Trinajstić information content (AvgIpc) is 2.87. The number of carboxylic acid groups (broad SMARTS) is 1. The van der Waals surface area contributed by atoms with Gasteiger partial charge in [0.05, 0.1) is 11.6 Å². The number of carboxylic acids is 1. The van der Waals surface area contributed by atoms with Crippen molar-refractivity contribution in [3.05, 3.63) is 18.0 Å². The highest BCUT2D eigenvalue weighted by molar-refractivity contribution is 5.75. The summed E-state index contributed by atoms with van der Waals surface area (Å²) in [6.07, 6.45) is 6.40. The summed E-state index contributed by atoms with van der Waals surface area (Å²) in [5.74, 6) is -0.650. The predicted octanol–water partition coefficient (Wildman–Crippen LogP) is 2.54. The van der Waals surface area contributed by atoms with Gasteiger partial charge in [0.15, 0.2) is 0 Å². The van der Waals surface area contributed by atoms with Crippen molar-refractivity contribution < 1.29 is 9.90 Å². The first-order chi connectivity index (χ1) is 9.47. The molecule has 1 aromatic heterocycles.